The average molecular weight is 284 g/mol. The molecule has 1 saturated carbocycles. The molecule has 2 atom stereocenters. The third-order valence-electron chi connectivity index (χ3n) is 2.87. The van der Waals surface area contributed by atoms with Crippen LogP contribution in [0.2, 0.25) is 0 Å². The molecule has 0 aliphatic heterocycles. The number of carboxylic acid groups (broad SMARTS) is 1. The number of amides is 1. The van der Waals surface area contributed by atoms with Crippen LogP contribution in [0, 0.1) is 11.8 Å². The van der Waals surface area contributed by atoms with Gasteiger partial charge in [-0.25, -0.2) is 13.6 Å². The van der Waals surface area contributed by atoms with Gasteiger partial charge in [-0.1, -0.05) is 6.07 Å². The van der Waals surface area contributed by atoms with Gasteiger partial charge in [-0.3, -0.25) is 9.59 Å². The molecule has 0 bridgehead atoms. The molecular formula is C11H12N2O5S. The number of carbonyl (C=O) groups excluding carboxylic acids is 1. The zero-order valence-electron chi connectivity index (χ0n) is 9.74. The minimum Gasteiger partial charge on any atom is -0.481 e. The fraction of sp³-hybridized carbons (Fsp3) is 0.273. The van der Waals surface area contributed by atoms with E-state index in [-0.39, 0.29) is 10.6 Å². The van der Waals surface area contributed by atoms with Crippen molar-refractivity contribution in [2.24, 2.45) is 17.0 Å². The first-order valence-electron chi connectivity index (χ1n) is 5.45. The van der Waals surface area contributed by atoms with Gasteiger partial charge in [0.05, 0.1) is 16.7 Å². The molecule has 102 valence electrons. The number of aliphatic carboxylic acids is 1. The number of primary sulfonamides is 1. The van der Waals surface area contributed by atoms with Crippen LogP contribution in [-0.2, 0) is 19.6 Å². The van der Waals surface area contributed by atoms with E-state index < -0.39 is 33.7 Å². The summed E-state index contributed by atoms with van der Waals surface area (Å²) in [7, 11) is -3.84. The Kier molecular flexibility index (Phi) is 3.29. The molecule has 8 heteroatoms. The normalized spacial score (nSPS) is 21.7. The maximum atomic E-state index is 11.7. The maximum Gasteiger partial charge on any atom is 0.307 e. The van der Waals surface area contributed by atoms with Gasteiger partial charge >= 0.3 is 5.97 Å². The van der Waals surface area contributed by atoms with Crippen LogP contribution in [0.15, 0.2) is 29.2 Å². The lowest BCUT2D eigenvalue weighted by atomic mass is 10.2. The van der Waals surface area contributed by atoms with Gasteiger partial charge in [0.25, 0.3) is 0 Å². The molecule has 4 N–H and O–H groups in total. The van der Waals surface area contributed by atoms with Gasteiger partial charge in [0.2, 0.25) is 15.9 Å². The first-order chi connectivity index (χ1) is 8.79. The molecular weight excluding hydrogens is 272 g/mol. The quantitative estimate of drug-likeness (QED) is 0.717. The van der Waals surface area contributed by atoms with Crippen LogP contribution in [0.25, 0.3) is 0 Å². The summed E-state index contributed by atoms with van der Waals surface area (Å²) in [5.74, 6) is -2.64. The highest BCUT2D eigenvalue weighted by Crippen LogP contribution is 2.39. The third kappa shape index (κ3) is 3.09. The number of hydrogen-bond acceptors (Lipinski definition) is 4. The molecule has 7 nitrogen and oxygen atoms in total. The Bertz CT molecular complexity index is 640. The molecule has 1 amide bonds. The van der Waals surface area contributed by atoms with E-state index in [9.17, 15) is 18.0 Å². The monoisotopic (exact) mass is 284 g/mol. The molecule has 2 unspecified atom stereocenters. The Hall–Kier alpha value is -1.93. The first kappa shape index (κ1) is 13.5. The lowest BCUT2D eigenvalue weighted by molar-refractivity contribution is -0.139. The van der Waals surface area contributed by atoms with E-state index in [0.717, 1.165) is 0 Å². The summed E-state index contributed by atoms with van der Waals surface area (Å²) in [6.07, 6.45) is 0.302. The van der Waals surface area contributed by atoms with Gasteiger partial charge in [-0.2, -0.15) is 0 Å². The van der Waals surface area contributed by atoms with Gasteiger partial charge < -0.3 is 10.4 Å². The van der Waals surface area contributed by atoms with Crippen molar-refractivity contribution in [3.05, 3.63) is 24.3 Å². The van der Waals surface area contributed by atoms with Crippen LogP contribution in [0.3, 0.4) is 0 Å². The lowest BCUT2D eigenvalue weighted by Crippen LogP contribution is -2.17. The first-order valence-corrected chi connectivity index (χ1v) is 7.00. The molecule has 1 fully saturated rings. The Balaban J connectivity index is 2.09. The van der Waals surface area contributed by atoms with Gasteiger partial charge in [-0.05, 0) is 24.6 Å². The fourth-order valence-electron chi connectivity index (χ4n) is 1.74. The summed E-state index contributed by atoms with van der Waals surface area (Å²) in [4.78, 5) is 22.2. The molecule has 0 aromatic heterocycles. The average Bonchev–Trinajstić information content (AvgIpc) is 3.08. The third-order valence-corrected chi connectivity index (χ3v) is 3.79. The number of hydrogen-bond donors (Lipinski definition) is 3. The van der Waals surface area contributed by atoms with Crippen LogP contribution in [-0.4, -0.2) is 25.4 Å². The van der Waals surface area contributed by atoms with Crippen LogP contribution in [0.1, 0.15) is 6.42 Å². The molecule has 0 saturated heterocycles. The number of nitrogens with one attached hydrogen (secondary N) is 1. The minimum atomic E-state index is -3.84. The van der Waals surface area contributed by atoms with Crippen molar-refractivity contribution >= 4 is 27.6 Å². The predicted octanol–water partition coefficient (Wildman–Crippen LogP) is -0.00680. The van der Waals surface area contributed by atoms with Crippen LogP contribution < -0.4 is 10.5 Å². The highest BCUT2D eigenvalue weighted by atomic mass is 32.2. The van der Waals surface area contributed by atoms with Crippen LogP contribution >= 0.6 is 0 Å². The zero-order chi connectivity index (χ0) is 14.2. The van der Waals surface area contributed by atoms with E-state index >= 15 is 0 Å². The standard InChI is InChI=1S/C11H12N2O5S/c12-19(17,18)7-3-1-2-6(4-7)13-10(14)8-5-9(8)11(15)16/h1-4,8-9H,5H2,(H,13,14)(H,15,16)(H2,12,17,18). The van der Waals surface area contributed by atoms with Crippen molar-refractivity contribution in [2.45, 2.75) is 11.3 Å². The summed E-state index contributed by atoms with van der Waals surface area (Å²) in [6.45, 7) is 0. The number of anilines is 1. The largest absolute Gasteiger partial charge is 0.481 e. The van der Waals surface area contributed by atoms with E-state index in [1.54, 1.807) is 0 Å². The maximum absolute atomic E-state index is 11.7. The number of benzene rings is 1. The van der Waals surface area contributed by atoms with Gasteiger partial charge in [0.15, 0.2) is 0 Å². The number of carbonyl (C=O) groups is 2. The van der Waals surface area contributed by atoms with Crippen molar-refractivity contribution in [1.29, 1.82) is 0 Å². The minimum absolute atomic E-state index is 0.115. The van der Waals surface area contributed by atoms with Crippen molar-refractivity contribution in [3.8, 4) is 0 Å². The molecule has 1 aromatic rings. The number of carboxylic acids is 1. The van der Waals surface area contributed by atoms with E-state index in [1.165, 1.54) is 24.3 Å². The molecule has 1 aliphatic carbocycles. The number of sulfonamides is 1. The summed E-state index contributed by atoms with van der Waals surface area (Å²) < 4.78 is 22.3. The smallest absolute Gasteiger partial charge is 0.307 e. The van der Waals surface area contributed by atoms with Crippen LogP contribution in [0.5, 0.6) is 0 Å². The van der Waals surface area contributed by atoms with E-state index in [1.807, 2.05) is 0 Å². The highest BCUT2D eigenvalue weighted by Gasteiger charge is 2.48. The summed E-state index contributed by atoms with van der Waals surface area (Å²) in [5, 5.41) is 16.2. The Labute approximate surface area is 109 Å². The van der Waals surface area contributed by atoms with Gasteiger partial charge in [-0.15, -0.1) is 0 Å². The van der Waals surface area contributed by atoms with Crippen LogP contribution in [0.4, 0.5) is 5.69 Å². The lowest BCUT2D eigenvalue weighted by Gasteiger charge is -2.06. The molecule has 19 heavy (non-hydrogen) atoms. The SMILES string of the molecule is NS(=O)(=O)c1cccc(NC(=O)C2CC2C(=O)O)c1. The number of rotatable bonds is 4. The number of nitrogens with two attached hydrogens (primary N) is 1. The highest BCUT2D eigenvalue weighted by molar-refractivity contribution is 7.89. The summed E-state index contributed by atoms with van der Waals surface area (Å²) in [6, 6.07) is 5.48. The van der Waals surface area contributed by atoms with Crippen molar-refractivity contribution < 1.29 is 23.1 Å². The topological polar surface area (TPSA) is 127 Å². The second-order valence-corrected chi connectivity index (χ2v) is 5.91. The van der Waals surface area contributed by atoms with E-state index in [0.29, 0.717) is 6.42 Å². The molecule has 2 rings (SSSR count). The summed E-state index contributed by atoms with van der Waals surface area (Å²) >= 11 is 0. The zero-order valence-corrected chi connectivity index (χ0v) is 10.6. The van der Waals surface area contributed by atoms with Crippen molar-refractivity contribution in [1.82, 2.24) is 0 Å². The van der Waals surface area contributed by atoms with Crippen molar-refractivity contribution in [3.63, 3.8) is 0 Å². The molecule has 0 radical (unpaired) electrons. The van der Waals surface area contributed by atoms with E-state index in [2.05, 4.69) is 5.32 Å². The van der Waals surface area contributed by atoms with E-state index in [4.69, 9.17) is 10.2 Å². The van der Waals surface area contributed by atoms with Gasteiger partial charge in [0.1, 0.15) is 0 Å². The summed E-state index contributed by atoms with van der Waals surface area (Å²) in [5.41, 5.74) is 0.271. The Morgan fingerprint density at radius 3 is 2.53 bits per heavy atom. The molecule has 0 spiro atoms. The molecule has 1 aliphatic rings. The Morgan fingerprint density at radius 2 is 2.00 bits per heavy atom. The fourth-order valence-corrected chi connectivity index (χ4v) is 2.30. The second kappa shape index (κ2) is 4.63. The van der Waals surface area contributed by atoms with Gasteiger partial charge in [0, 0.05) is 5.69 Å². The Morgan fingerprint density at radius 1 is 1.32 bits per heavy atom. The van der Waals surface area contributed by atoms with Crippen molar-refractivity contribution in [2.75, 3.05) is 5.32 Å². The molecule has 1 aromatic carbocycles. The second-order valence-electron chi connectivity index (χ2n) is 4.35. The molecule has 0 heterocycles. The predicted molar refractivity (Wildman–Crippen MR) is 65.7 cm³/mol.